The number of fused-ring (bicyclic) bond motifs is 1. The fourth-order valence-electron chi connectivity index (χ4n) is 5.72. The molecule has 13 heteroatoms. The standard InChI is InChI=1S/C27H36N2O11/c1-13(28-16(24(34)35)11-10-14-6-3-2-4-7-14)23(33)29-17-9-5-8-15(17)12-18(29)26(38)40-27-21(32)19(30)20(31)22(39-27)25(36)37/h2-4,6-7,13,15-22,27-28,30-32H,5,8-12H2,1H3,(H,34,35)(H,36,37)/t13-,15-,16-,17-,18?,19+,20-,21?,22?,27-/m0/s1/i2D,3D,4D,6D,7D. The average Bonchev–Trinajstić information content (AvgIpc) is 3.59. The molecule has 6 N–H and O–H groups in total. The minimum Gasteiger partial charge on any atom is -0.480 e. The van der Waals surface area contributed by atoms with E-state index < -0.39 is 103 Å². The lowest BCUT2D eigenvalue weighted by Crippen LogP contribution is -2.61. The molecule has 13 nitrogen and oxygen atoms in total. The monoisotopic (exact) mass is 569 g/mol. The average molecular weight is 570 g/mol. The van der Waals surface area contributed by atoms with Gasteiger partial charge in [-0.05, 0) is 50.5 Å². The highest BCUT2D eigenvalue weighted by Gasteiger charge is 2.53. The first-order valence-electron chi connectivity index (χ1n) is 15.6. The number of nitrogens with zero attached hydrogens (tertiary/aromatic N) is 1. The Morgan fingerprint density at radius 2 is 1.80 bits per heavy atom. The number of carboxylic acids is 2. The van der Waals surface area contributed by atoms with E-state index in [1.54, 1.807) is 0 Å². The van der Waals surface area contributed by atoms with Crippen molar-refractivity contribution in [2.75, 3.05) is 0 Å². The Hall–Kier alpha value is -3.10. The van der Waals surface area contributed by atoms with Gasteiger partial charge in [0.1, 0.15) is 30.4 Å². The highest BCUT2D eigenvalue weighted by atomic mass is 16.7. The van der Waals surface area contributed by atoms with Gasteiger partial charge in [0.15, 0.2) is 6.10 Å². The van der Waals surface area contributed by atoms with Crippen molar-refractivity contribution in [3.8, 4) is 0 Å². The van der Waals surface area contributed by atoms with Gasteiger partial charge in [0.25, 0.3) is 0 Å². The van der Waals surface area contributed by atoms with Crippen LogP contribution in [0.2, 0.25) is 0 Å². The Bertz CT molecular complexity index is 1320. The van der Waals surface area contributed by atoms with Crippen LogP contribution >= 0.6 is 0 Å². The third-order valence-corrected chi connectivity index (χ3v) is 7.76. The summed E-state index contributed by atoms with van der Waals surface area (Å²) in [6.45, 7) is 1.40. The van der Waals surface area contributed by atoms with Crippen molar-refractivity contribution in [3.63, 3.8) is 0 Å². The van der Waals surface area contributed by atoms with Crippen molar-refractivity contribution in [1.82, 2.24) is 10.2 Å². The Kier molecular flexibility index (Phi) is 7.43. The molecule has 3 aliphatic rings. The lowest BCUT2D eigenvalue weighted by Gasteiger charge is -2.39. The summed E-state index contributed by atoms with van der Waals surface area (Å²) in [5.41, 5.74) is -0.0703. The van der Waals surface area contributed by atoms with E-state index in [4.69, 9.17) is 16.3 Å². The maximum absolute atomic E-state index is 13.8. The third-order valence-electron chi connectivity index (χ3n) is 7.76. The van der Waals surface area contributed by atoms with Gasteiger partial charge >= 0.3 is 17.9 Å². The molecule has 2 heterocycles. The number of ether oxygens (including phenoxy) is 2. The summed E-state index contributed by atoms with van der Waals surface area (Å²) in [5, 5.41) is 52.1. The van der Waals surface area contributed by atoms with Crippen LogP contribution in [0.3, 0.4) is 0 Å². The number of aliphatic hydroxyl groups excluding tert-OH is 3. The number of amides is 1. The fourth-order valence-corrected chi connectivity index (χ4v) is 5.72. The van der Waals surface area contributed by atoms with Crippen LogP contribution in [-0.2, 0) is 35.1 Å². The third kappa shape index (κ3) is 6.28. The number of aliphatic carboxylic acids is 2. The lowest BCUT2D eigenvalue weighted by molar-refractivity contribution is -0.287. The molecule has 0 spiro atoms. The molecule has 0 bridgehead atoms. The van der Waals surface area contributed by atoms with E-state index in [-0.39, 0.29) is 36.8 Å². The largest absolute Gasteiger partial charge is 0.480 e. The van der Waals surface area contributed by atoms with Crippen molar-refractivity contribution in [1.29, 1.82) is 0 Å². The van der Waals surface area contributed by atoms with E-state index in [1.165, 1.54) is 11.8 Å². The highest BCUT2D eigenvalue weighted by molar-refractivity contribution is 5.89. The van der Waals surface area contributed by atoms with Gasteiger partial charge in [0.2, 0.25) is 12.2 Å². The molecule has 1 aromatic rings. The Balaban J connectivity index is 1.48. The fraction of sp³-hybridized carbons (Fsp3) is 0.630. The number of carbonyl (C=O) groups is 4. The van der Waals surface area contributed by atoms with Gasteiger partial charge in [-0.2, -0.15) is 0 Å². The number of carboxylic acid groups (broad SMARTS) is 2. The summed E-state index contributed by atoms with van der Waals surface area (Å²) in [5.74, 6) is -4.78. The predicted octanol–water partition coefficient (Wildman–Crippen LogP) is -0.744. The molecule has 10 atom stereocenters. The second-order valence-corrected chi connectivity index (χ2v) is 10.3. The summed E-state index contributed by atoms with van der Waals surface area (Å²) in [7, 11) is 0. The van der Waals surface area contributed by atoms with Crippen LogP contribution in [0.1, 0.15) is 51.4 Å². The zero-order valence-electron chi connectivity index (χ0n) is 26.6. The summed E-state index contributed by atoms with van der Waals surface area (Å²) in [4.78, 5) is 51.9. The summed E-state index contributed by atoms with van der Waals surface area (Å²) in [6.07, 6.45) is -8.16. The molecular formula is C27H36N2O11. The first kappa shape index (κ1) is 23.6. The van der Waals surface area contributed by atoms with Crippen LogP contribution in [0.4, 0.5) is 0 Å². The maximum atomic E-state index is 13.8. The van der Waals surface area contributed by atoms with E-state index in [0.29, 0.717) is 12.8 Å². The number of aliphatic hydroxyl groups is 3. The number of nitrogens with one attached hydrogen (secondary N) is 1. The van der Waals surface area contributed by atoms with E-state index in [2.05, 4.69) is 5.32 Å². The van der Waals surface area contributed by atoms with E-state index in [9.17, 15) is 44.7 Å². The molecule has 220 valence electrons. The van der Waals surface area contributed by atoms with Crippen LogP contribution in [0.15, 0.2) is 30.2 Å². The zero-order chi connectivity index (χ0) is 33.5. The molecule has 2 aliphatic heterocycles. The summed E-state index contributed by atoms with van der Waals surface area (Å²) in [6, 6.07) is -6.71. The molecule has 40 heavy (non-hydrogen) atoms. The molecule has 1 saturated carbocycles. The molecule has 0 radical (unpaired) electrons. The number of carbonyl (C=O) groups excluding carboxylic acids is 2. The quantitative estimate of drug-likeness (QED) is 0.193. The maximum Gasteiger partial charge on any atom is 0.335 e. The van der Waals surface area contributed by atoms with Crippen LogP contribution < -0.4 is 5.32 Å². The molecule has 4 rings (SSSR count). The molecule has 1 amide bonds. The van der Waals surface area contributed by atoms with Crippen molar-refractivity contribution in [2.24, 2.45) is 5.92 Å². The number of likely N-dealkylation sites (tertiary alicyclic amines) is 1. The van der Waals surface area contributed by atoms with Gasteiger partial charge in [-0.1, -0.05) is 36.6 Å². The first-order valence-corrected chi connectivity index (χ1v) is 13.1. The Morgan fingerprint density at radius 1 is 1.10 bits per heavy atom. The minimum absolute atomic E-state index is 0.0703. The topological polar surface area (TPSA) is 203 Å². The second-order valence-electron chi connectivity index (χ2n) is 10.3. The van der Waals surface area contributed by atoms with Crippen molar-refractivity contribution < 1.29 is 61.0 Å². The van der Waals surface area contributed by atoms with Gasteiger partial charge in [0.05, 0.1) is 12.9 Å². The smallest absolute Gasteiger partial charge is 0.335 e. The normalized spacial score (nSPS) is 34.9. The van der Waals surface area contributed by atoms with Crippen LogP contribution in [-0.4, -0.2) is 109 Å². The van der Waals surface area contributed by atoms with Gasteiger partial charge in [-0.25, -0.2) is 9.59 Å². The number of hydrogen-bond donors (Lipinski definition) is 6. The summed E-state index contributed by atoms with van der Waals surface area (Å²) < 4.78 is 49.8. The van der Waals surface area contributed by atoms with Crippen molar-refractivity contribution in [3.05, 3.63) is 35.8 Å². The number of benzene rings is 1. The number of rotatable bonds is 10. The molecular weight excluding hydrogens is 528 g/mol. The summed E-state index contributed by atoms with van der Waals surface area (Å²) >= 11 is 0. The van der Waals surface area contributed by atoms with Gasteiger partial charge in [-0.3, -0.25) is 14.9 Å². The van der Waals surface area contributed by atoms with Crippen LogP contribution in [0.5, 0.6) is 0 Å². The molecule has 0 aromatic heterocycles. The number of esters is 1. The SMILES string of the molecule is [2H]c1c([2H])c([2H])c(CC[C@H](N[C@@H](C)C(=O)N2C(C(=O)O[C@@H]3OC(C(=O)O)[C@@H](O)[C@@H](O)C3O)C[C@@H]3CCC[C@@H]32)C(=O)O)c([2H])c1[2H]. The van der Waals surface area contributed by atoms with Gasteiger partial charge in [0, 0.05) is 6.04 Å². The van der Waals surface area contributed by atoms with E-state index in [0.717, 1.165) is 6.42 Å². The minimum atomic E-state index is -2.00. The Labute approximate surface area is 237 Å². The Morgan fingerprint density at radius 3 is 2.45 bits per heavy atom. The van der Waals surface area contributed by atoms with E-state index >= 15 is 0 Å². The number of hydrogen-bond acceptors (Lipinski definition) is 10. The van der Waals surface area contributed by atoms with Gasteiger partial charge in [-0.15, -0.1) is 0 Å². The molecule has 3 unspecified atom stereocenters. The molecule has 1 aliphatic carbocycles. The van der Waals surface area contributed by atoms with Crippen LogP contribution in [0.25, 0.3) is 0 Å². The molecule has 2 saturated heterocycles. The zero-order valence-corrected chi connectivity index (χ0v) is 21.6. The van der Waals surface area contributed by atoms with Crippen molar-refractivity contribution in [2.45, 2.75) is 100 Å². The van der Waals surface area contributed by atoms with E-state index in [1.807, 2.05) is 0 Å². The lowest BCUT2D eigenvalue weighted by atomic mass is 9.99. The first-order chi connectivity index (χ1) is 21.1. The highest BCUT2D eigenvalue weighted by Crippen LogP contribution is 2.42. The van der Waals surface area contributed by atoms with Crippen LogP contribution in [0, 0.1) is 5.92 Å². The molecule has 3 fully saturated rings. The second kappa shape index (κ2) is 12.6. The predicted molar refractivity (Wildman–Crippen MR) is 136 cm³/mol. The van der Waals surface area contributed by atoms with Gasteiger partial charge < -0.3 is 39.9 Å². The molecule has 1 aromatic carbocycles. The van der Waals surface area contributed by atoms with Crippen molar-refractivity contribution >= 4 is 23.8 Å².